The van der Waals surface area contributed by atoms with E-state index in [2.05, 4.69) is 10.6 Å². The van der Waals surface area contributed by atoms with Crippen molar-refractivity contribution in [2.75, 3.05) is 18.1 Å². The van der Waals surface area contributed by atoms with Crippen LogP contribution in [0.3, 0.4) is 0 Å². The molecule has 120 valence electrons. The van der Waals surface area contributed by atoms with Gasteiger partial charge in [-0.05, 0) is 30.1 Å². The van der Waals surface area contributed by atoms with Crippen LogP contribution >= 0.6 is 11.8 Å². The second kappa shape index (κ2) is 9.83. The van der Waals surface area contributed by atoms with Crippen molar-refractivity contribution in [2.45, 2.75) is 19.4 Å². The lowest BCUT2D eigenvalue weighted by molar-refractivity contribution is -0.141. The lowest BCUT2D eigenvalue weighted by Gasteiger charge is -2.14. The number of nitrogens with one attached hydrogen (secondary N) is 2. The van der Waals surface area contributed by atoms with E-state index >= 15 is 0 Å². The summed E-state index contributed by atoms with van der Waals surface area (Å²) in [6.45, 7) is 1.73. The Bertz CT molecular complexity index is 508. The van der Waals surface area contributed by atoms with Crippen LogP contribution in [0.1, 0.15) is 23.7 Å². The Labute approximate surface area is 133 Å². The van der Waals surface area contributed by atoms with Crippen LogP contribution in [0.2, 0.25) is 0 Å². The number of carbonyl (C=O) groups excluding carboxylic acids is 2. The largest absolute Gasteiger partial charge is 0.480 e. The highest BCUT2D eigenvalue weighted by atomic mass is 32.2. The van der Waals surface area contributed by atoms with Gasteiger partial charge in [0.25, 0.3) is 5.91 Å². The molecular weight excluding hydrogens is 304 g/mol. The van der Waals surface area contributed by atoms with Gasteiger partial charge >= 0.3 is 5.97 Å². The number of carbonyl (C=O) groups is 3. The molecule has 0 aromatic heterocycles. The maximum Gasteiger partial charge on any atom is 0.326 e. The molecule has 0 spiro atoms. The van der Waals surface area contributed by atoms with Crippen molar-refractivity contribution in [3.05, 3.63) is 35.9 Å². The van der Waals surface area contributed by atoms with Crippen molar-refractivity contribution >= 4 is 29.5 Å². The third-order valence-electron chi connectivity index (χ3n) is 2.83. The molecule has 22 heavy (non-hydrogen) atoms. The summed E-state index contributed by atoms with van der Waals surface area (Å²) in [5, 5.41) is 13.9. The van der Waals surface area contributed by atoms with Gasteiger partial charge in [0.1, 0.15) is 6.04 Å². The standard InChI is InChI=1S/C15H20N2O4S/c1-2-22-9-8-12(15(20)21)17-13(18)10-16-14(19)11-6-4-3-5-7-11/h3-7,12H,2,8-10H2,1H3,(H,16,19)(H,17,18)(H,20,21). The van der Waals surface area contributed by atoms with Crippen molar-refractivity contribution in [1.82, 2.24) is 10.6 Å². The quantitative estimate of drug-likeness (QED) is 0.592. The van der Waals surface area contributed by atoms with E-state index in [4.69, 9.17) is 5.11 Å². The maximum atomic E-state index is 11.8. The SMILES string of the molecule is CCSCCC(NC(=O)CNC(=O)c1ccccc1)C(=O)O. The third-order valence-corrected chi connectivity index (χ3v) is 3.77. The van der Waals surface area contributed by atoms with Crippen LogP contribution in [0.5, 0.6) is 0 Å². The molecule has 3 N–H and O–H groups in total. The van der Waals surface area contributed by atoms with Gasteiger partial charge in [0.2, 0.25) is 5.91 Å². The number of rotatable bonds is 9. The molecule has 1 aromatic carbocycles. The lowest BCUT2D eigenvalue weighted by atomic mass is 10.2. The predicted molar refractivity (Wildman–Crippen MR) is 86.0 cm³/mol. The van der Waals surface area contributed by atoms with E-state index in [9.17, 15) is 14.4 Å². The smallest absolute Gasteiger partial charge is 0.326 e. The second-order valence-electron chi connectivity index (χ2n) is 4.49. The van der Waals surface area contributed by atoms with Gasteiger partial charge in [-0.3, -0.25) is 9.59 Å². The van der Waals surface area contributed by atoms with E-state index in [0.29, 0.717) is 17.7 Å². The molecule has 0 saturated heterocycles. The fraction of sp³-hybridized carbons (Fsp3) is 0.400. The first-order valence-corrected chi connectivity index (χ1v) is 8.13. The van der Waals surface area contributed by atoms with Crippen LogP contribution in [0.15, 0.2) is 30.3 Å². The highest BCUT2D eigenvalue weighted by Crippen LogP contribution is 2.04. The summed E-state index contributed by atoms with van der Waals surface area (Å²) in [6.07, 6.45) is 0.353. The van der Waals surface area contributed by atoms with E-state index in [-0.39, 0.29) is 12.5 Å². The molecule has 0 radical (unpaired) electrons. The van der Waals surface area contributed by atoms with Crippen molar-refractivity contribution in [1.29, 1.82) is 0 Å². The monoisotopic (exact) mass is 324 g/mol. The summed E-state index contributed by atoms with van der Waals surface area (Å²) in [7, 11) is 0. The predicted octanol–water partition coefficient (Wildman–Crippen LogP) is 1.13. The molecule has 0 bridgehead atoms. The van der Waals surface area contributed by atoms with Crippen LogP contribution < -0.4 is 10.6 Å². The van der Waals surface area contributed by atoms with Gasteiger partial charge in [0.05, 0.1) is 6.54 Å². The van der Waals surface area contributed by atoms with Crippen LogP contribution in [-0.2, 0) is 9.59 Å². The average Bonchev–Trinajstić information content (AvgIpc) is 2.52. The Morgan fingerprint density at radius 3 is 2.50 bits per heavy atom. The highest BCUT2D eigenvalue weighted by molar-refractivity contribution is 7.99. The number of hydrogen-bond donors (Lipinski definition) is 3. The molecule has 0 heterocycles. The minimum absolute atomic E-state index is 0.252. The summed E-state index contributed by atoms with van der Waals surface area (Å²) in [5.74, 6) is -0.404. The number of hydrogen-bond acceptors (Lipinski definition) is 4. The van der Waals surface area contributed by atoms with Crippen molar-refractivity contribution in [3.8, 4) is 0 Å². The number of carboxylic acids is 1. The summed E-state index contributed by atoms with van der Waals surface area (Å²) in [4.78, 5) is 34.6. The fourth-order valence-corrected chi connectivity index (χ4v) is 2.39. The average molecular weight is 324 g/mol. The summed E-state index contributed by atoms with van der Waals surface area (Å²) in [5.41, 5.74) is 0.449. The maximum absolute atomic E-state index is 11.8. The Morgan fingerprint density at radius 1 is 1.23 bits per heavy atom. The Morgan fingerprint density at radius 2 is 1.91 bits per heavy atom. The first-order valence-electron chi connectivity index (χ1n) is 6.97. The summed E-state index contributed by atoms with van der Waals surface area (Å²) < 4.78 is 0. The van der Waals surface area contributed by atoms with Gasteiger partial charge in [-0.15, -0.1) is 0 Å². The van der Waals surface area contributed by atoms with Gasteiger partial charge < -0.3 is 15.7 Å². The normalized spacial score (nSPS) is 11.5. The van der Waals surface area contributed by atoms with Crippen LogP contribution in [0.4, 0.5) is 0 Å². The zero-order chi connectivity index (χ0) is 16.4. The molecule has 0 fully saturated rings. The molecule has 1 unspecified atom stereocenters. The Balaban J connectivity index is 2.40. The molecular formula is C15H20N2O4S. The number of carboxylic acid groups (broad SMARTS) is 1. The minimum Gasteiger partial charge on any atom is -0.480 e. The summed E-state index contributed by atoms with van der Waals surface area (Å²) in [6, 6.07) is 7.57. The Kier molecular flexibility index (Phi) is 8.06. The van der Waals surface area contributed by atoms with Crippen molar-refractivity contribution in [3.63, 3.8) is 0 Å². The molecule has 1 atom stereocenters. The molecule has 0 aliphatic carbocycles. The first-order chi connectivity index (χ1) is 10.5. The molecule has 0 saturated carbocycles. The Hall–Kier alpha value is -2.02. The highest BCUT2D eigenvalue weighted by Gasteiger charge is 2.19. The van der Waals surface area contributed by atoms with Crippen LogP contribution in [-0.4, -0.2) is 47.0 Å². The topological polar surface area (TPSA) is 95.5 Å². The van der Waals surface area contributed by atoms with Crippen LogP contribution in [0, 0.1) is 0 Å². The summed E-state index contributed by atoms with van der Waals surface area (Å²) >= 11 is 1.61. The van der Waals surface area contributed by atoms with Crippen molar-refractivity contribution in [2.24, 2.45) is 0 Å². The van der Waals surface area contributed by atoms with E-state index in [1.165, 1.54) is 0 Å². The van der Waals surface area contributed by atoms with Gasteiger partial charge in [0, 0.05) is 5.56 Å². The zero-order valence-electron chi connectivity index (χ0n) is 12.4. The van der Waals surface area contributed by atoms with E-state index in [1.807, 2.05) is 6.92 Å². The molecule has 6 nitrogen and oxygen atoms in total. The van der Waals surface area contributed by atoms with E-state index in [1.54, 1.807) is 42.1 Å². The minimum atomic E-state index is -1.07. The number of aliphatic carboxylic acids is 1. The van der Waals surface area contributed by atoms with E-state index < -0.39 is 17.9 Å². The molecule has 7 heteroatoms. The number of thioether (sulfide) groups is 1. The van der Waals surface area contributed by atoms with E-state index in [0.717, 1.165) is 5.75 Å². The number of amides is 2. The van der Waals surface area contributed by atoms with Crippen LogP contribution in [0.25, 0.3) is 0 Å². The van der Waals surface area contributed by atoms with Crippen molar-refractivity contribution < 1.29 is 19.5 Å². The molecule has 0 aliphatic heterocycles. The van der Waals surface area contributed by atoms with Gasteiger partial charge in [-0.2, -0.15) is 11.8 Å². The molecule has 1 rings (SSSR count). The fourth-order valence-electron chi connectivity index (χ4n) is 1.70. The molecule has 2 amide bonds. The molecule has 0 aliphatic rings. The van der Waals surface area contributed by atoms with Gasteiger partial charge in [-0.1, -0.05) is 25.1 Å². The first kappa shape index (κ1) is 18.0. The second-order valence-corrected chi connectivity index (χ2v) is 5.89. The lowest BCUT2D eigenvalue weighted by Crippen LogP contribution is -2.45. The van der Waals surface area contributed by atoms with Gasteiger partial charge in [0.15, 0.2) is 0 Å². The molecule has 1 aromatic rings. The zero-order valence-corrected chi connectivity index (χ0v) is 13.2. The number of benzene rings is 1. The third kappa shape index (κ3) is 6.62. The van der Waals surface area contributed by atoms with Gasteiger partial charge in [-0.25, -0.2) is 4.79 Å².